The van der Waals surface area contributed by atoms with Crippen molar-refractivity contribution in [1.29, 1.82) is 0 Å². The molecular formula is C31H45O19PS2. The molecule has 0 radical (unpaired) electrons. The predicted octanol–water partition coefficient (Wildman–Crippen LogP) is 1.64. The lowest BCUT2D eigenvalue weighted by atomic mass is 9.96. The highest BCUT2D eigenvalue weighted by molar-refractivity contribution is 8.68. The minimum atomic E-state index is -3.18. The Hall–Kier alpha value is -2.91. The largest absolute Gasteiger partial charge is 0.463 e. The maximum Gasteiger partial charge on any atom is 0.303 e. The molecule has 3 rings (SSSR count). The summed E-state index contributed by atoms with van der Waals surface area (Å²) in [5.41, 5.74) is -4.79. The second-order valence-electron chi connectivity index (χ2n) is 12.9. The summed E-state index contributed by atoms with van der Waals surface area (Å²) in [5.74, 6) is -5.84. The Morgan fingerprint density at radius 2 is 0.981 bits per heavy atom. The van der Waals surface area contributed by atoms with Crippen molar-refractivity contribution in [2.75, 3.05) is 26.4 Å². The van der Waals surface area contributed by atoms with E-state index in [4.69, 9.17) is 68.2 Å². The Morgan fingerprint density at radius 1 is 0.585 bits per heavy atom. The van der Waals surface area contributed by atoms with E-state index in [0.29, 0.717) is 0 Å². The van der Waals surface area contributed by atoms with Gasteiger partial charge in [-0.15, -0.1) is 0 Å². The normalized spacial score (nSPS) is 31.9. The number of rotatable bonds is 13. The average molecular weight is 817 g/mol. The lowest BCUT2D eigenvalue weighted by molar-refractivity contribution is -0.341. The van der Waals surface area contributed by atoms with Gasteiger partial charge >= 0.3 is 41.8 Å². The molecule has 22 heteroatoms. The van der Waals surface area contributed by atoms with Gasteiger partial charge in [0.05, 0.1) is 13.2 Å². The van der Waals surface area contributed by atoms with Crippen LogP contribution in [0.3, 0.4) is 0 Å². The van der Waals surface area contributed by atoms with Crippen LogP contribution in [-0.4, -0.2) is 129 Å². The minimum absolute atomic E-state index is 0.237. The standard InChI is InChI=1S/C31H45O19PS2/c1-14(32)39-10-21-23(43-16(3)34)25(44-17(4)35)27(46-19(6)37)29(48-21)50-24-22(11-40-15(2)33)49-30(28(47-20(7)38)26(24)45-18(5)36)53-51(52)41-12-31(8,9)13-42-51/h21-30H,10-13H2,1-9H3/t21-,22-,23-,24-,25+,26+,27-,28-,29-,30+/m1/s1. The summed E-state index contributed by atoms with van der Waals surface area (Å²) in [6, 6.07) is 0. The van der Waals surface area contributed by atoms with E-state index in [9.17, 15) is 33.6 Å². The summed E-state index contributed by atoms with van der Waals surface area (Å²) in [5, 5.41) is 0. The van der Waals surface area contributed by atoms with Crippen molar-refractivity contribution in [3.8, 4) is 0 Å². The van der Waals surface area contributed by atoms with Crippen molar-refractivity contribution in [3.63, 3.8) is 0 Å². The van der Waals surface area contributed by atoms with E-state index < -0.39 is 121 Å². The van der Waals surface area contributed by atoms with Crippen molar-refractivity contribution in [2.45, 2.75) is 123 Å². The molecular weight excluding hydrogens is 771 g/mol. The first-order valence-corrected chi connectivity index (χ1v) is 20.4. The summed E-state index contributed by atoms with van der Waals surface area (Å²) in [6.45, 7) is 10.7. The molecule has 0 saturated carbocycles. The van der Waals surface area contributed by atoms with E-state index in [0.717, 1.165) is 59.8 Å². The molecule has 3 aliphatic rings. The first-order chi connectivity index (χ1) is 24.6. The highest BCUT2D eigenvalue weighted by Crippen LogP contribution is 2.67. The molecule has 3 saturated heterocycles. The van der Waals surface area contributed by atoms with Gasteiger partial charge in [0.1, 0.15) is 31.5 Å². The molecule has 0 bridgehead atoms. The van der Waals surface area contributed by atoms with E-state index in [1.54, 1.807) is 0 Å². The molecule has 0 aromatic rings. The average Bonchev–Trinajstić information content (AvgIpc) is 3.01. The number of carbonyl (C=O) groups excluding carboxylic acids is 7. The van der Waals surface area contributed by atoms with Gasteiger partial charge in [0.25, 0.3) is 0 Å². The van der Waals surface area contributed by atoms with Gasteiger partial charge in [0.15, 0.2) is 42.2 Å². The number of ether oxygens (including phenoxy) is 10. The Morgan fingerprint density at radius 3 is 1.43 bits per heavy atom. The topological polar surface area (TPSA) is 230 Å². The summed E-state index contributed by atoms with van der Waals surface area (Å²) in [6.07, 6.45) is -14.0. The summed E-state index contributed by atoms with van der Waals surface area (Å²) in [4.78, 5) is 86.0. The summed E-state index contributed by atoms with van der Waals surface area (Å²) < 4.78 is 68.9. The van der Waals surface area contributed by atoms with Gasteiger partial charge in [-0.2, -0.15) is 0 Å². The quantitative estimate of drug-likeness (QED) is 0.146. The monoisotopic (exact) mass is 816 g/mol. The van der Waals surface area contributed by atoms with E-state index >= 15 is 0 Å². The highest BCUT2D eigenvalue weighted by atomic mass is 32.9. The minimum Gasteiger partial charge on any atom is -0.463 e. The molecule has 0 amide bonds. The molecule has 3 fully saturated rings. The van der Waals surface area contributed by atoms with E-state index in [1.807, 2.05) is 13.8 Å². The van der Waals surface area contributed by atoms with Gasteiger partial charge in [-0.3, -0.25) is 33.6 Å². The van der Waals surface area contributed by atoms with Gasteiger partial charge in [-0.25, -0.2) is 0 Å². The molecule has 10 atom stereocenters. The van der Waals surface area contributed by atoms with E-state index in [2.05, 4.69) is 0 Å². The second-order valence-corrected chi connectivity index (χ2v) is 19.2. The van der Waals surface area contributed by atoms with E-state index in [-0.39, 0.29) is 18.6 Å². The molecule has 0 aliphatic carbocycles. The maximum absolute atomic E-state index is 12.6. The molecule has 0 unspecified atom stereocenters. The van der Waals surface area contributed by atoms with Gasteiger partial charge in [0.2, 0.25) is 5.69 Å². The number of hydrogen-bond donors (Lipinski definition) is 0. The van der Waals surface area contributed by atoms with Crippen LogP contribution in [0.4, 0.5) is 0 Å². The predicted molar refractivity (Wildman–Crippen MR) is 181 cm³/mol. The van der Waals surface area contributed by atoms with Crippen LogP contribution in [0.1, 0.15) is 62.3 Å². The first-order valence-electron chi connectivity index (χ1n) is 16.3. The van der Waals surface area contributed by atoms with Crippen molar-refractivity contribution >= 4 is 70.7 Å². The third-order valence-corrected chi connectivity index (χ3v) is 12.5. The molecule has 3 heterocycles. The van der Waals surface area contributed by atoms with Gasteiger partial charge in [-0.1, -0.05) is 13.8 Å². The maximum atomic E-state index is 12.6. The fourth-order valence-corrected chi connectivity index (χ4v) is 10.4. The second kappa shape index (κ2) is 19.1. The fourth-order valence-electron chi connectivity index (χ4n) is 5.33. The van der Waals surface area contributed by atoms with Gasteiger partial charge in [-0.05, 0) is 23.2 Å². The fraction of sp³-hybridized carbons (Fsp3) is 0.774. The summed E-state index contributed by atoms with van der Waals surface area (Å²) >= 11 is 6.62. The Labute approximate surface area is 314 Å². The third-order valence-electron chi connectivity index (χ3n) is 7.35. The summed E-state index contributed by atoms with van der Waals surface area (Å²) in [7, 11) is 0. The molecule has 0 aromatic heterocycles. The van der Waals surface area contributed by atoms with E-state index in [1.165, 1.54) is 0 Å². The number of carbonyl (C=O) groups is 7. The van der Waals surface area contributed by atoms with Crippen LogP contribution in [0.25, 0.3) is 0 Å². The number of esters is 7. The van der Waals surface area contributed by atoms with Crippen LogP contribution in [0.5, 0.6) is 0 Å². The molecule has 3 aliphatic heterocycles. The number of hydrogen-bond acceptors (Lipinski definition) is 21. The van der Waals surface area contributed by atoms with Crippen molar-refractivity contribution < 1.29 is 90.0 Å². The van der Waals surface area contributed by atoms with Crippen LogP contribution >= 0.6 is 17.1 Å². The molecule has 53 heavy (non-hydrogen) atoms. The Balaban J connectivity index is 2.15. The zero-order chi connectivity index (χ0) is 39.8. The lowest BCUT2D eigenvalue weighted by Crippen LogP contribution is -2.66. The van der Waals surface area contributed by atoms with Crippen molar-refractivity contribution in [1.82, 2.24) is 0 Å². The first kappa shape index (κ1) is 44.5. The molecule has 0 spiro atoms. The van der Waals surface area contributed by atoms with Crippen molar-refractivity contribution in [2.24, 2.45) is 5.41 Å². The van der Waals surface area contributed by atoms with Gasteiger partial charge in [0, 0.05) is 53.9 Å². The zero-order valence-corrected chi connectivity index (χ0v) is 33.1. The van der Waals surface area contributed by atoms with Crippen LogP contribution in [0.2, 0.25) is 0 Å². The zero-order valence-electron chi connectivity index (χ0n) is 30.6. The Bertz CT molecular complexity index is 1430. The third kappa shape index (κ3) is 13.4. The van der Waals surface area contributed by atoms with Crippen LogP contribution in [0, 0.1) is 5.41 Å². The lowest BCUT2D eigenvalue weighted by Gasteiger charge is -2.49. The van der Waals surface area contributed by atoms with Crippen LogP contribution in [0.15, 0.2) is 0 Å². The smallest absolute Gasteiger partial charge is 0.303 e. The van der Waals surface area contributed by atoms with Gasteiger partial charge < -0.3 is 56.4 Å². The van der Waals surface area contributed by atoms with Crippen molar-refractivity contribution in [3.05, 3.63) is 0 Å². The Kier molecular flexibility index (Phi) is 16.0. The molecule has 19 nitrogen and oxygen atoms in total. The van der Waals surface area contributed by atoms with Crippen LogP contribution < -0.4 is 0 Å². The molecule has 300 valence electrons. The highest BCUT2D eigenvalue weighted by Gasteiger charge is 2.58. The molecule has 0 aromatic carbocycles. The van der Waals surface area contributed by atoms with Crippen LogP contribution in [-0.2, 0) is 102 Å². The molecule has 0 N–H and O–H groups in total. The SMILES string of the molecule is CC(=O)OC[C@H]1O[C@@H](SP2(=S)OCC(C)(C)CO2)[C@H](OC(C)=O)[C@@H](OC(C)=O)[C@@H]1O[C@H]1O[C@H](COC(C)=O)[C@@H](OC(C)=O)[C@H](OC(C)=O)[C@H]1OC(C)=O.